The lowest BCUT2D eigenvalue weighted by molar-refractivity contribution is -0.137. The maximum atomic E-state index is 12.7. The Kier molecular flexibility index (Phi) is 7.38. The molecule has 0 saturated heterocycles. The van der Waals surface area contributed by atoms with E-state index < -0.39 is 12.0 Å². The maximum absolute atomic E-state index is 12.7. The van der Waals surface area contributed by atoms with Crippen LogP contribution in [0.1, 0.15) is 57.5 Å². The molecule has 1 unspecified atom stereocenters. The quantitative estimate of drug-likeness (QED) is 0.549. The molecule has 2 aromatic carbocycles. The fraction of sp³-hybridized carbons (Fsp3) is 0.375. The monoisotopic (exact) mass is 410 g/mol. The van der Waals surface area contributed by atoms with Crippen LogP contribution in [0.25, 0.3) is 0 Å². The van der Waals surface area contributed by atoms with E-state index in [-0.39, 0.29) is 23.1 Å². The van der Waals surface area contributed by atoms with Gasteiger partial charge < -0.3 is 15.4 Å². The molecule has 1 atom stereocenters. The van der Waals surface area contributed by atoms with E-state index in [2.05, 4.69) is 31.4 Å². The summed E-state index contributed by atoms with van der Waals surface area (Å²) in [5.74, 6) is -0.876. The molecule has 0 aliphatic rings. The third-order valence-corrected chi connectivity index (χ3v) is 4.61. The van der Waals surface area contributed by atoms with Crippen molar-refractivity contribution >= 4 is 23.5 Å². The van der Waals surface area contributed by atoms with Crippen LogP contribution in [0.2, 0.25) is 0 Å². The van der Waals surface area contributed by atoms with Crippen molar-refractivity contribution in [1.29, 1.82) is 0 Å². The van der Waals surface area contributed by atoms with E-state index in [0.29, 0.717) is 17.0 Å². The number of hydrogen-bond donors (Lipinski definition) is 2. The van der Waals surface area contributed by atoms with Gasteiger partial charge in [-0.1, -0.05) is 46.8 Å². The van der Waals surface area contributed by atoms with Crippen molar-refractivity contribution in [2.24, 2.45) is 5.92 Å². The van der Waals surface area contributed by atoms with Gasteiger partial charge in [-0.3, -0.25) is 9.59 Å². The van der Waals surface area contributed by atoms with Gasteiger partial charge in [-0.15, -0.1) is 0 Å². The summed E-state index contributed by atoms with van der Waals surface area (Å²) in [7, 11) is 0. The minimum Gasteiger partial charge on any atom is -0.425 e. The van der Waals surface area contributed by atoms with Crippen molar-refractivity contribution in [1.82, 2.24) is 5.32 Å². The van der Waals surface area contributed by atoms with Gasteiger partial charge in [0.2, 0.25) is 5.91 Å². The molecule has 160 valence electrons. The van der Waals surface area contributed by atoms with Crippen molar-refractivity contribution in [2.45, 2.75) is 53.0 Å². The number of carbonyl (C=O) groups excluding carboxylic acids is 3. The van der Waals surface area contributed by atoms with Crippen molar-refractivity contribution in [3.8, 4) is 5.75 Å². The van der Waals surface area contributed by atoms with Crippen molar-refractivity contribution in [2.75, 3.05) is 5.32 Å². The number of rotatable bonds is 6. The van der Waals surface area contributed by atoms with Crippen LogP contribution in [0.3, 0.4) is 0 Å². The molecule has 0 aliphatic carbocycles. The third kappa shape index (κ3) is 6.44. The Bertz CT molecular complexity index is 894. The van der Waals surface area contributed by atoms with Crippen LogP contribution in [-0.2, 0) is 15.0 Å². The van der Waals surface area contributed by atoms with Gasteiger partial charge in [-0.05, 0) is 53.3 Å². The van der Waals surface area contributed by atoms with Crippen LogP contribution in [0, 0.1) is 5.92 Å². The zero-order chi connectivity index (χ0) is 22.5. The average Bonchev–Trinajstić information content (AvgIpc) is 2.66. The Labute approximate surface area is 178 Å². The normalized spacial score (nSPS) is 12.2. The molecule has 0 aliphatic heterocycles. The molecule has 2 amide bonds. The topological polar surface area (TPSA) is 84.5 Å². The summed E-state index contributed by atoms with van der Waals surface area (Å²) < 4.78 is 5.43. The van der Waals surface area contributed by atoms with Crippen LogP contribution >= 0.6 is 0 Å². The predicted octanol–water partition coefficient (Wildman–Crippen LogP) is 4.30. The Balaban J connectivity index is 2.06. The smallest absolute Gasteiger partial charge is 0.334 e. The molecule has 2 aromatic rings. The lowest BCUT2D eigenvalue weighted by Gasteiger charge is -2.22. The number of hydrogen-bond acceptors (Lipinski definition) is 4. The summed E-state index contributed by atoms with van der Waals surface area (Å²) in [5.41, 5.74) is 2.21. The zero-order valence-electron chi connectivity index (χ0n) is 18.4. The van der Waals surface area contributed by atoms with Gasteiger partial charge in [-0.25, -0.2) is 4.79 Å². The fourth-order valence-corrected chi connectivity index (χ4v) is 2.83. The SMILES string of the molecule is CC(=O)Nc1ccc(OC(=O)C(NC(=O)c2ccc(C(C)(C)C)cc2)C(C)C)cc1. The van der Waals surface area contributed by atoms with E-state index in [1.54, 1.807) is 36.4 Å². The van der Waals surface area contributed by atoms with Gasteiger partial charge in [-0.2, -0.15) is 0 Å². The largest absolute Gasteiger partial charge is 0.425 e. The fourth-order valence-electron chi connectivity index (χ4n) is 2.83. The second-order valence-electron chi connectivity index (χ2n) is 8.65. The first kappa shape index (κ1) is 23.1. The van der Waals surface area contributed by atoms with Crippen molar-refractivity contribution in [3.05, 3.63) is 59.7 Å². The Morgan fingerprint density at radius 2 is 1.47 bits per heavy atom. The minimum atomic E-state index is -0.796. The van der Waals surface area contributed by atoms with E-state index >= 15 is 0 Å². The van der Waals surface area contributed by atoms with Crippen LogP contribution < -0.4 is 15.4 Å². The van der Waals surface area contributed by atoms with Gasteiger partial charge in [0.05, 0.1) is 0 Å². The molecule has 0 bridgehead atoms. The van der Waals surface area contributed by atoms with Gasteiger partial charge in [0.1, 0.15) is 11.8 Å². The second kappa shape index (κ2) is 9.57. The first-order chi connectivity index (χ1) is 14.0. The summed E-state index contributed by atoms with van der Waals surface area (Å²) in [6.07, 6.45) is 0. The zero-order valence-corrected chi connectivity index (χ0v) is 18.4. The highest BCUT2D eigenvalue weighted by atomic mass is 16.5. The summed E-state index contributed by atoms with van der Waals surface area (Å²) in [5, 5.41) is 5.43. The highest BCUT2D eigenvalue weighted by Gasteiger charge is 2.27. The number of anilines is 1. The van der Waals surface area contributed by atoms with E-state index in [0.717, 1.165) is 5.56 Å². The van der Waals surface area contributed by atoms with E-state index in [4.69, 9.17) is 4.74 Å². The molecular weight excluding hydrogens is 380 g/mol. The second-order valence-corrected chi connectivity index (χ2v) is 8.65. The Hall–Kier alpha value is -3.15. The third-order valence-electron chi connectivity index (χ3n) is 4.61. The molecule has 0 spiro atoms. The standard InChI is InChI=1S/C24H30N2O4/c1-15(2)21(23(29)30-20-13-11-19(12-14-20)25-16(3)27)26-22(28)17-7-9-18(10-8-17)24(4,5)6/h7-15,21H,1-6H3,(H,25,27)(H,26,28). The molecule has 6 heteroatoms. The molecule has 30 heavy (non-hydrogen) atoms. The van der Waals surface area contributed by atoms with Crippen LogP contribution in [0.4, 0.5) is 5.69 Å². The van der Waals surface area contributed by atoms with E-state index in [1.807, 2.05) is 26.0 Å². The molecule has 2 N–H and O–H groups in total. The summed E-state index contributed by atoms with van der Waals surface area (Å²) in [6, 6.07) is 13.0. The molecule has 0 aromatic heterocycles. The molecule has 0 heterocycles. The van der Waals surface area contributed by atoms with Crippen LogP contribution in [0.5, 0.6) is 5.75 Å². The number of esters is 1. The minimum absolute atomic E-state index is 0.00519. The van der Waals surface area contributed by atoms with Crippen molar-refractivity contribution < 1.29 is 19.1 Å². The number of amides is 2. The molecule has 2 rings (SSSR count). The summed E-state index contributed by atoms with van der Waals surface area (Å²) >= 11 is 0. The molecular formula is C24H30N2O4. The first-order valence-electron chi connectivity index (χ1n) is 9.98. The van der Waals surface area contributed by atoms with Crippen molar-refractivity contribution in [3.63, 3.8) is 0 Å². The number of ether oxygens (including phenoxy) is 1. The molecule has 0 fully saturated rings. The van der Waals surface area contributed by atoms with Crippen LogP contribution in [0.15, 0.2) is 48.5 Å². The Morgan fingerprint density at radius 3 is 1.93 bits per heavy atom. The van der Waals surface area contributed by atoms with Crippen LogP contribution in [-0.4, -0.2) is 23.8 Å². The number of benzene rings is 2. The molecule has 0 radical (unpaired) electrons. The summed E-state index contributed by atoms with van der Waals surface area (Å²) in [6.45, 7) is 11.4. The number of nitrogens with one attached hydrogen (secondary N) is 2. The average molecular weight is 411 g/mol. The van der Waals surface area contributed by atoms with Gasteiger partial charge in [0.25, 0.3) is 5.91 Å². The first-order valence-corrected chi connectivity index (χ1v) is 9.98. The van der Waals surface area contributed by atoms with E-state index in [1.165, 1.54) is 6.92 Å². The van der Waals surface area contributed by atoms with Gasteiger partial charge in [0.15, 0.2) is 0 Å². The molecule has 6 nitrogen and oxygen atoms in total. The lowest BCUT2D eigenvalue weighted by Crippen LogP contribution is -2.46. The van der Waals surface area contributed by atoms with E-state index in [9.17, 15) is 14.4 Å². The number of carbonyl (C=O) groups is 3. The lowest BCUT2D eigenvalue weighted by atomic mass is 9.86. The highest BCUT2D eigenvalue weighted by Crippen LogP contribution is 2.22. The van der Waals surface area contributed by atoms with Gasteiger partial charge >= 0.3 is 5.97 Å². The predicted molar refractivity (Wildman–Crippen MR) is 118 cm³/mol. The maximum Gasteiger partial charge on any atom is 0.334 e. The highest BCUT2D eigenvalue weighted by molar-refractivity contribution is 5.97. The summed E-state index contributed by atoms with van der Waals surface area (Å²) in [4.78, 5) is 36.4. The Morgan fingerprint density at radius 1 is 0.900 bits per heavy atom. The molecule has 0 saturated carbocycles. The van der Waals surface area contributed by atoms with Gasteiger partial charge in [0, 0.05) is 18.2 Å².